The van der Waals surface area contributed by atoms with E-state index in [0.29, 0.717) is 6.04 Å². The van der Waals surface area contributed by atoms with Gasteiger partial charge < -0.3 is 10.2 Å². The highest BCUT2D eigenvalue weighted by molar-refractivity contribution is 7.07. The van der Waals surface area contributed by atoms with Crippen LogP contribution >= 0.6 is 11.3 Å². The lowest BCUT2D eigenvalue weighted by Gasteiger charge is -2.19. The number of anilines is 1. The number of rotatable bonds is 6. The Morgan fingerprint density at radius 3 is 2.42 bits per heavy atom. The van der Waals surface area contributed by atoms with Gasteiger partial charge >= 0.3 is 0 Å². The zero-order valence-corrected chi connectivity index (χ0v) is 12.7. The van der Waals surface area contributed by atoms with E-state index < -0.39 is 0 Å². The fourth-order valence-corrected chi connectivity index (χ4v) is 2.60. The Morgan fingerprint density at radius 1 is 1.11 bits per heavy atom. The normalized spacial score (nSPS) is 10.9. The summed E-state index contributed by atoms with van der Waals surface area (Å²) < 4.78 is 0. The van der Waals surface area contributed by atoms with Crippen molar-refractivity contribution >= 4 is 17.0 Å². The zero-order chi connectivity index (χ0) is 13.7. The van der Waals surface area contributed by atoms with Crippen LogP contribution in [-0.2, 0) is 13.1 Å². The summed E-state index contributed by atoms with van der Waals surface area (Å²) in [6.45, 7) is 6.24. The first kappa shape index (κ1) is 14.1. The van der Waals surface area contributed by atoms with Crippen molar-refractivity contribution in [3.05, 3.63) is 52.2 Å². The molecule has 3 heteroatoms. The van der Waals surface area contributed by atoms with Gasteiger partial charge in [-0.1, -0.05) is 26.0 Å². The van der Waals surface area contributed by atoms with E-state index >= 15 is 0 Å². The maximum Gasteiger partial charge on any atom is 0.0434 e. The maximum atomic E-state index is 3.43. The highest BCUT2D eigenvalue weighted by Crippen LogP contribution is 2.17. The van der Waals surface area contributed by atoms with Crippen molar-refractivity contribution in [3.63, 3.8) is 0 Å². The van der Waals surface area contributed by atoms with Gasteiger partial charge in [0, 0.05) is 31.9 Å². The second kappa shape index (κ2) is 6.73. The molecule has 0 saturated carbocycles. The Labute approximate surface area is 120 Å². The Hall–Kier alpha value is -1.32. The van der Waals surface area contributed by atoms with Gasteiger partial charge in [-0.15, -0.1) is 0 Å². The van der Waals surface area contributed by atoms with E-state index in [1.165, 1.54) is 16.8 Å². The Kier molecular flexibility index (Phi) is 5.00. The van der Waals surface area contributed by atoms with Gasteiger partial charge in [-0.25, -0.2) is 0 Å². The molecule has 0 unspecified atom stereocenters. The van der Waals surface area contributed by atoms with E-state index in [1.54, 1.807) is 11.3 Å². The third kappa shape index (κ3) is 4.37. The van der Waals surface area contributed by atoms with Gasteiger partial charge in [0.2, 0.25) is 0 Å². The number of thiophene rings is 1. The van der Waals surface area contributed by atoms with E-state index in [4.69, 9.17) is 0 Å². The standard InChI is InChI=1S/C16H22N2S/c1-13(2)17-10-14-4-6-16(7-5-14)18(3)11-15-8-9-19-12-15/h4-9,12-13,17H,10-11H2,1-3H3. The predicted octanol–water partition coefficient (Wildman–Crippen LogP) is 3.88. The van der Waals surface area contributed by atoms with Crippen LogP contribution in [0.25, 0.3) is 0 Å². The quantitative estimate of drug-likeness (QED) is 0.860. The van der Waals surface area contributed by atoms with Crippen LogP contribution in [0.4, 0.5) is 5.69 Å². The lowest BCUT2D eigenvalue weighted by molar-refractivity contribution is 0.589. The average Bonchev–Trinajstić information content (AvgIpc) is 2.89. The van der Waals surface area contributed by atoms with Crippen molar-refractivity contribution < 1.29 is 0 Å². The van der Waals surface area contributed by atoms with E-state index in [-0.39, 0.29) is 0 Å². The molecule has 0 aliphatic heterocycles. The minimum Gasteiger partial charge on any atom is -0.370 e. The van der Waals surface area contributed by atoms with Crippen molar-refractivity contribution in [2.24, 2.45) is 0 Å². The van der Waals surface area contributed by atoms with Crippen LogP contribution in [0.5, 0.6) is 0 Å². The summed E-state index contributed by atoms with van der Waals surface area (Å²) in [6.07, 6.45) is 0. The second-order valence-corrected chi connectivity index (χ2v) is 5.97. The highest BCUT2D eigenvalue weighted by atomic mass is 32.1. The molecule has 19 heavy (non-hydrogen) atoms. The largest absolute Gasteiger partial charge is 0.370 e. The van der Waals surface area contributed by atoms with Crippen LogP contribution in [0.1, 0.15) is 25.0 Å². The maximum absolute atomic E-state index is 3.43. The summed E-state index contributed by atoms with van der Waals surface area (Å²) in [7, 11) is 2.14. The van der Waals surface area contributed by atoms with Crippen LogP contribution in [0, 0.1) is 0 Å². The van der Waals surface area contributed by atoms with Crippen LogP contribution in [0.2, 0.25) is 0 Å². The molecule has 0 aliphatic carbocycles. The molecule has 102 valence electrons. The van der Waals surface area contributed by atoms with Crippen molar-refractivity contribution in [2.45, 2.75) is 33.0 Å². The van der Waals surface area contributed by atoms with E-state index in [9.17, 15) is 0 Å². The zero-order valence-electron chi connectivity index (χ0n) is 11.9. The fourth-order valence-electron chi connectivity index (χ4n) is 1.94. The van der Waals surface area contributed by atoms with Gasteiger partial charge in [-0.05, 0) is 40.1 Å². The monoisotopic (exact) mass is 274 g/mol. The molecule has 0 saturated heterocycles. The topological polar surface area (TPSA) is 15.3 Å². The molecule has 2 aromatic rings. The van der Waals surface area contributed by atoms with Gasteiger partial charge in [0.15, 0.2) is 0 Å². The van der Waals surface area contributed by atoms with Crippen molar-refractivity contribution in [2.75, 3.05) is 11.9 Å². The van der Waals surface area contributed by atoms with Gasteiger partial charge in [-0.2, -0.15) is 11.3 Å². The molecule has 1 N–H and O–H groups in total. The third-order valence-electron chi connectivity index (χ3n) is 3.09. The van der Waals surface area contributed by atoms with E-state index in [1.807, 2.05) is 0 Å². The molecule has 0 bridgehead atoms. The number of nitrogens with zero attached hydrogens (tertiary/aromatic N) is 1. The van der Waals surface area contributed by atoms with Crippen molar-refractivity contribution in [1.82, 2.24) is 5.32 Å². The Bertz CT molecular complexity index is 474. The lowest BCUT2D eigenvalue weighted by atomic mass is 10.2. The van der Waals surface area contributed by atoms with Crippen LogP contribution in [0.15, 0.2) is 41.1 Å². The first-order valence-corrected chi connectivity index (χ1v) is 7.64. The molecule has 1 heterocycles. The minimum atomic E-state index is 0.529. The summed E-state index contributed by atoms with van der Waals surface area (Å²) in [5, 5.41) is 7.77. The molecule has 0 spiro atoms. The van der Waals surface area contributed by atoms with Crippen LogP contribution < -0.4 is 10.2 Å². The Morgan fingerprint density at radius 2 is 1.84 bits per heavy atom. The summed E-state index contributed by atoms with van der Waals surface area (Å²) in [5.41, 5.74) is 3.97. The Balaban J connectivity index is 1.93. The lowest BCUT2D eigenvalue weighted by Crippen LogP contribution is -2.21. The first-order chi connectivity index (χ1) is 9.15. The van der Waals surface area contributed by atoms with E-state index in [0.717, 1.165) is 13.1 Å². The molecule has 2 nitrogen and oxygen atoms in total. The van der Waals surface area contributed by atoms with E-state index in [2.05, 4.69) is 72.2 Å². The second-order valence-electron chi connectivity index (χ2n) is 5.19. The summed E-state index contributed by atoms with van der Waals surface area (Å²) in [6, 6.07) is 11.5. The smallest absolute Gasteiger partial charge is 0.0434 e. The SMILES string of the molecule is CC(C)NCc1ccc(N(C)Cc2ccsc2)cc1. The van der Waals surface area contributed by atoms with Gasteiger partial charge in [-0.3, -0.25) is 0 Å². The minimum absolute atomic E-state index is 0.529. The summed E-state index contributed by atoms with van der Waals surface area (Å²) in [5.74, 6) is 0. The molecular formula is C16H22N2S. The van der Waals surface area contributed by atoms with Crippen molar-refractivity contribution in [1.29, 1.82) is 0 Å². The number of nitrogens with one attached hydrogen (secondary N) is 1. The van der Waals surface area contributed by atoms with Gasteiger partial charge in [0.25, 0.3) is 0 Å². The molecule has 0 radical (unpaired) electrons. The average molecular weight is 274 g/mol. The predicted molar refractivity (Wildman–Crippen MR) is 84.8 cm³/mol. The fraction of sp³-hybridized carbons (Fsp3) is 0.375. The molecule has 0 amide bonds. The third-order valence-corrected chi connectivity index (χ3v) is 3.82. The molecular weight excluding hydrogens is 252 g/mol. The highest BCUT2D eigenvalue weighted by Gasteiger charge is 2.03. The number of hydrogen-bond acceptors (Lipinski definition) is 3. The summed E-state index contributed by atoms with van der Waals surface area (Å²) in [4.78, 5) is 2.28. The summed E-state index contributed by atoms with van der Waals surface area (Å²) >= 11 is 1.75. The van der Waals surface area contributed by atoms with Crippen molar-refractivity contribution in [3.8, 4) is 0 Å². The molecule has 1 aromatic heterocycles. The number of benzene rings is 1. The van der Waals surface area contributed by atoms with Gasteiger partial charge in [0.1, 0.15) is 0 Å². The number of hydrogen-bond donors (Lipinski definition) is 1. The molecule has 2 rings (SSSR count). The van der Waals surface area contributed by atoms with Crippen LogP contribution in [0.3, 0.4) is 0 Å². The molecule has 0 aliphatic rings. The van der Waals surface area contributed by atoms with Gasteiger partial charge in [0.05, 0.1) is 0 Å². The first-order valence-electron chi connectivity index (χ1n) is 6.69. The van der Waals surface area contributed by atoms with Crippen LogP contribution in [-0.4, -0.2) is 13.1 Å². The molecule has 1 aromatic carbocycles. The molecule has 0 atom stereocenters. The molecule has 0 fully saturated rings.